The molecule has 6 heteroatoms. The summed E-state index contributed by atoms with van der Waals surface area (Å²) in [5, 5.41) is 15.0. The third kappa shape index (κ3) is 5.01. The van der Waals surface area contributed by atoms with Gasteiger partial charge in [-0.3, -0.25) is 9.79 Å². The molecule has 0 aliphatic carbocycles. The Kier molecular flexibility index (Phi) is 5.78. The first-order chi connectivity index (χ1) is 11.5. The molecule has 1 amide bonds. The highest BCUT2D eigenvalue weighted by Gasteiger charge is 2.04. The van der Waals surface area contributed by atoms with Gasteiger partial charge in [-0.2, -0.15) is 0 Å². The number of carbonyl (C=O) groups is 1. The lowest BCUT2D eigenvalue weighted by atomic mass is 10.1. The molecule has 0 saturated heterocycles. The fraction of sp³-hybridized carbons (Fsp3) is 0.222. The number of hydrogen-bond donors (Lipinski definition) is 4. The highest BCUT2D eigenvalue weighted by Crippen LogP contribution is 2.13. The molecule has 2 aromatic carbocycles. The maximum absolute atomic E-state index is 11.9. The van der Waals surface area contributed by atoms with E-state index in [1.54, 1.807) is 12.1 Å². The summed E-state index contributed by atoms with van der Waals surface area (Å²) in [6.45, 7) is 4.82. The number of nitrogens with zero attached hydrogens (tertiary/aromatic N) is 1. The zero-order valence-electron chi connectivity index (χ0n) is 13.8. The van der Waals surface area contributed by atoms with Gasteiger partial charge in [0.1, 0.15) is 5.75 Å². The lowest BCUT2D eigenvalue weighted by Crippen LogP contribution is -2.28. The fourth-order valence-corrected chi connectivity index (χ4v) is 2.07. The molecule has 24 heavy (non-hydrogen) atoms. The van der Waals surface area contributed by atoms with Crippen LogP contribution in [0, 0.1) is 13.8 Å². The van der Waals surface area contributed by atoms with Crippen molar-refractivity contribution in [3.63, 3.8) is 0 Å². The topological polar surface area (TPSA) is 99.7 Å². The first kappa shape index (κ1) is 17.3. The summed E-state index contributed by atoms with van der Waals surface area (Å²) in [5.74, 6) is 0.212. The predicted molar refractivity (Wildman–Crippen MR) is 96.5 cm³/mol. The number of amides is 1. The molecular formula is C18H22N4O2. The molecular weight excluding hydrogens is 304 g/mol. The van der Waals surface area contributed by atoms with Gasteiger partial charge in [0.2, 0.25) is 0 Å². The molecule has 0 aliphatic rings. The Hall–Kier alpha value is -3.02. The summed E-state index contributed by atoms with van der Waals surface area (Å²) < 4.78 is 0. The summed E-state index contributed by atoms with van der Waals surface area (Å²) in [6, 6.07) is 12.0. The Morgan fingerprint density at radius 3 is 2.50 bits per heavy atom. The molecule has 5 N–H and O–H groups in total. The average molecular weight is 326 g/mol. The first-order valence-corrected chi connectivity index (χ1v) is 7.67. The van der Waals surface area contributed by atoms with Gasteiger partial charge >= 0.3 is 0 Å². The maximum Gasteiger partial charge on any atom is 0.251 e. The molecule has 0 heterocycles. The van der Waals surface area contributed by atoms with Crippen molar-refractivity contribution in [2.24, 2.45) is 10.7 Å². The van der Waals surface area contributed by atoms with Gasteiger partial charge < -0.3 is 21.5 Å². The van der Waals surface area contributed by atoms with E-state index in [-0.39, 0.29) is 11.7 Å². The second-order valence-corrected chi connectivity index (χ2v) is 5.49. The number of benzene rings is 2. The van der Waals surface area contributed by atoms with E-state index in [9.17, 15) is 9.90 Å². The SMILES string of the molecule is Cc1ccc(NC(N)=NCCNC(=O)c2ccc(O)cc2)cc1C. The Morgan fingerprint density at radius 2 is 1.83 bits per heavy atom. The Balaban J connectivity index is 1.79. The number of phenols is 1. The van der Waals surface area contributed by atoms with Crippen molar-refractivity contribution in [1.82, 2.24) is 5.32 Å². The molecule has 0 radical (unpaired) electrons. The van der Waals surface area contributed by atoms with Gasteiger partial charge in [-0.25, -0.2) is 0 Å². The van der Waals surface area contributed by atoms with E-state index in [1.165, 1.54) is 23.3 Å². The number of aliphatic imine (C=N–C) groups is 1. The van der Waals surface area contributed by atoms with Crippen molar-refractivity contribution in [3.05, 3.63) is 59.2 Å². The number of rotatable bonds is 5. The summed E-state index contributed by atoms with van der Waals surface area (Å²) >= 11 is 0. The molecule has 0 bridgehead atoms. The third-order valence-electron chi connectivity index (χ3n) is 3.59. The Labute approximate surface area is 141 Å². The molecule has 0 aromatic heterocycles. The average Bonchev–Trinajstić information content (AvgIpc) is 2.55. The zero-order chi connectivity index (χ0) is 17.5. The van der Waals surface area contributed by atoms with Crippen LogP contribution in [0.25, 0.3) is 0 Å². The minimum Gasteiger partial charge on any atom is -0.508 e. The quantitative estimate of drug-likeness (QED) is 0.384. The van der Waals surface area contributed by atoms with Gasteiger partial charge in [0.15, 0.2) is 5.96 Å². The predicted octanol–water partition coefficient (Wildman–Crippen LogP) is 2.17. The molecule has 6 nitrogen and oxygen atoms in total. The zero-order valence-corrected chi connectivity index (χ0v) is 13.8. The van der Waals surface area contributed by atoms with Crippen molar-refractivity contribution in [3.8, 4) is 5.75 Å². The maximum atomic E-state index is 11.9. The molecule has 0 spiro atoms. The van der Waals surface area contributed by atoms with Gasteiger partial charge in [0, 0.05) is 17.8 Å². The van der Waals surface area contributed by atoms with Crippen LogP contribution in [0.15, 0.2) is 47.5 Å². The molecule has 0 saturated carbocycles. The number of aryl methyl sites for hydroxylation is 2. The van der Waals surface area contributed by atoms with E-state index >= 15 is 0 Å². The normalized spacial score (nSPS) is 11.2. The van der Waals surface area contributed by atoms with Gasteiger partial charge in [-0.15, -0.1) is 0 Å². The molecule has 126 valence electrons. The number of hydrogen-bond acceptors (Lipinski definition) is 3. The molecule has 0 aliphatic heterocycles. The van der Waals surface area contributed by atoms with E-state index in [2.05, 4.69) is 15.6 Å². The van der Waals surface area contributed by atoms with E-state index in [1.807, 2.05) is 32.0 Å². The second kappa shape index (κ2) is 8.01. The van der Waals surface area contributed by atoms with Gasteiger partial charge in [0.05, 0.1) is 6.54 Å². The van der Waals surface area contributed by atoms with E-state index in [4.69, 9.17) is 5.73 Å². The van der Waals surface area contributed by atoms with Crippen LogP contribution in [-0.2, 0) is 0 Å². The Morgan fingerprint density at radius 1 is 1.12 bits per heavy atom. The van der Waals surface area contributed by atoms with Gasteiger partial charge in [0.25, 0.3) is 5.91 Å². The monoisotopic (exact) mass is 326 g/mol. The first-order valence-electron chi connectivity index (χ1n) is 7.67. The standard InChI is InChI=1S/C18H22N4O2/c1-12-3-6-15(11-13(12)2)22-18(19)21-10-9-20-17(24)14-4-7-16(23)8-5-14/h3-8,11,23H,9-10H2,1-2H3,(H,20,24)(H3,19,21,22). The number of aromatic hydroxyl groups is 1. The largest absolute Gasteiger partial charge is 0.508 e. The molecule has 0 atom stereocenters. The lowest BCUT2D eigenvalue weighted by Gasteiger charge is -2.08. The summed E-state index contributed by atoms with van der Waals surface area (Å²) in [7, 11) is 0. The minimum absolute atomic E-state index is 0.126. The van der Waals surface area contributed by atoms with Gasteiger partial charge in [-0.1, -0.05) is 6.07 Å². The van der Waals surface area contributed by atoms with Crippen molar-refractivity contribution < 1.29 is 9.90 Å². The number of carbonyl (C=O) groups excluding carboxylic acids is 1. The van der Waals surface area contributed by atoms with Crippen LogP contribution in [0.1, 0.15) is 21.5 Å². The number of guanidine groups is 1. The van der Waals surface area contributed by atoms with E-state index in [0.717, 1.165) is 5.69 Å². The highest BCUT2D eigenvalue weighted by molar-refractivity contribution is 5.94. The van der Waals surface area contributed by atoms with Crippen LogP contribution in [0.2, 0.25) is 0 Å². The van der Waals surface area contributed by atoms with Crippen LogP contribution >= 0.6 is 0 Å². The third-order valence-corrected chi connectivity index (χ3v) is 3.59. The van der Waals surface area contributed by atoms with Gasteiger partial charge in [-0.05, 0) is 61.4 Å². The lowest BCUT2D eigenvalue weighted by molar-refractivity contribution is 0.0955. The van der Waals surface area contributed by atoms with Crippen LogP contribution in [0.4, 0.5) is 5.69 Å². The van der Waals surface area contributed by atoms with Crippen molar-refractivity contribution in [2.45, 2.75) is 13.8 Å². The van der Waals surface area contributed by atoms with Crippen LogP contribution in [0.5, 0.6) is 5.75 Å². The summed E-state index contributed by atoms with van der Waals surface area (Å²) in [4.78, 5) is 16.1. The molecule has 2 aromatic rings. The minimum atomic E-state index is -0.217. The second-order valence-electron chi connectivity index (χ2n) is 5.49. The Bertz CT molecular complexity index is 739. The fourth-order valence-electron chi connectivity index (χ4n) is 2.07. The van der Waals surface area contributed by atoms with Crippen LogP contribution in [-0.4, -0.2) is 30.1 Å². The van der Waals surface area contributed by atoms with Crippen molar-refractivity contribution >= 4 is 17.6 Å². The number of anilines is 1. The number of phenolic OH excluding ortho intramolecular Hbond substituents is 1. The van der Waals surface area contributed by atoms with Crippen molar-refractivity contribution in [2.75, 3.05) is 18.4 Å². The number of nitrogens with two attached hydrogens (primary N) is 1. The highest BCUT2D eigenvalue weighted by atomic mass is 16.3. The smallest absolute Gasteiger partial charge is 0.251 e. The molecule has 2 rings (SSSR count). The molecule has 0 unspecified atom stereocenters. The number of nitrogens with one attached hydrogen (secondary N) is 2. The van der Waals surface area contributed by atoms with E-state index in [0.29, 0.717) is 24.6 Å². The van der Waals surface area contributed by atoms with E-state index < -0.39 is 0 Å². The van der Waals surface area contributed by atoms with Crippen molar-refractivity contribution in [1.29, 1.82) is 0 Å². The summed E-state index contributed by atoms with van der Waals surface area (Å²) in [6.07, 6.45) is 0. The summed E-state index contributed by atoms with van der Waals surface area (Å²) in [5.41, 5.74) is 9.59. The van der Waals surface area contributed by atoms with Crippen LogP contribution in [0.3, 0.4) is 0 Å². The molecule has 0 fully saturated rings. The van der Waals surface area contributed by atoms with Crippen LogP contribution < -0.4 is 16.4 Å².